The maximum atomic E-state index is 14.0. The Morgan fingerprint density at radius 3 is 2.79 bits per heavy atom. The maximum Gasteiger partial charge on any atom is 0.161 e. The Hall–Kier alpha value is -1.82. The largest absolute Gasteiger partial charge is 0.490 e. The summed E-state index contributed by atoms with van der Waals surface area (Å²) in [6.07, 6.45) is 2.54. The molecule has 1 atom stereocenters. The van der Waals surface area contributed by atoms with Crippen molar-refractivity contribution in [2.24, 2.45) is 0 Å². The van der Waals surface area contributed by atoms with Gasteiger partial charge < -0.3 is 14.8 Å². The lowest BCUT2D eigenvalue weighted by molar-refractivity contribution is 0.259. The molecule has 0 spiro atoms. The van der Waals surface area contributed by atoms with E-state index in [1.165, 1.54) is 25.5 Å². The average molecular weight is 421 g/mol. The predicted molar refractivity (Wildman–Crippen MR) is 115 cm³/mol. The molecule has 0 bridgehead atoms. The standard InChI is InChI=1S/C23H30ClFN2O2/c1-3-27-12-6-7-18(27)15-26-14-17-10-11-22(23(13-17)28-4-2)29-16-19-20(24)8-5-9-21(19)25/h5,8-11,13,18,26H,3-4,6-7,12,14-16H2,1-2H3/t18-/m0/s1. The SMILES string of the molecule is CCOc1cc(CNC[C@@H]2CCCN2CC)ccc1OCc1c(F)cccc1Cl. The molecule has 1 heterocycles. The van der Waals surface area contributed by atoms with Gasteiger partial charge in [-0.3, -0.25) is 4.90 Å². The normalized spacial score (nSPS) is 16.9. The molecule has 1 N–H and O–H groups in total. The van der Waals surface area contributed by atoms with Crippen LogP contribution in [0.4, 0.5) is 4.39 Å². The summed E-state index contributed by atoms with van der Waals surface area (Å²) in [6, 6.07) is 11.1. The van der Waals surface area contributed by atoms with Crippen LogP contribution in [0.15, 0.2) is 36.4 Å². The van der Waals surface area contributed by atoms with Crippen LogP contribution in [-0.4, -0.2) is 37.2 Å². The Balaban J connectivity index is 1.60. The Morgan fingerprint density at radius 2 is 2.03 bits per heavy atom. The van der Waals surface area contributed by atoms with E-state index in [4.69, 9.17) is 21.1 Å². The molecule has 0 radical (unpaired) electrons. The number of ether oxygens (including phenoxy) is 2. The van der Waals surface area contributed by atoms with Gasteiger partial charge in [0, 0.05) is 24.7 Å². The molecule has 1 fully saturated rings. The molecule has 1 aliphatic rings. The molecule has 0 amide bonds. The van der Waals surface area contributed by atoms with Crippen molar-refractivity contribution in [1.82, 2.24) is 10.2 Å². The van der Waals surface area contributed by atoms with Gasteiger partial charge in [0.15, 0.2) is 11.5 Å². The van der Waals surface area contributed by atoms with Crippen LogP contribution < -0.4 is 14.8 Å². The predicted octanol–water partition coefficient (Wildman–Crippen LogP) is 5.03. The lowest BCUT2D eigenvalue weighted by Crippen LogP contribution is -2.37. The molecule has 29 heavy (non-hydrogen) atoms. The van der Waals surface area contributed by atoms with Crippen molar-refractivity contribution in [2.75, 3.05) is 26.2 Å². The van der Waals surface area contributed by atoms with Gasteiger partial charge in [-0.1, -0.05) is 30.7 Å². The third-order valence-electron chi connectivity index (χ3n) is 5.36. The number of nitrogens with zero attached hydrogens (tertiary/aromatic N) is 1. The Labute approximate surface area is 178 Å². The molecular weight excluding hydrogens is 391 g/mol. The molecule has 0 aliphatic carbocycles. The van der Waals surface area contributed by atoms with E-state index < -0.39 is 0 Å². The second-order valence-electron chi connectivity index (χ2n) is 7.26. The lowest BCUT2D eigenvalue weighted by Gasteiger charge is -2.23. The van der Waals surface area contributed by atoms with Gasteiger partial charge in [-0.25, -0.2) is 4.39 Å². The molecule has 158 valence electrons. The zero-order valence-electron chi connectivity index (χ0n) is 17.2. The lowest BCUT2D eigenvalue weighted by atomic mass is 10.1. The van der Waals surface area contributed by atoms with Gasteiger partial charge in [0.25, 0.3) is 0 Å². The van der Waals surface area contributed by atoms with E-state index in [1.54, 1.807) is 12.1 Å². The number of hydrogen-bond acceptors (Lipinski definition) is 4. The number of rotatable bonds is 10. The second kappa shape index (κ2) is 10.8. The van der Waals surface area contributed by atoms with Gasteiger partial charge >= 0.3 is 0 Å². The van der Waals surface area contributed by atoms with Gasteiger partial charge in [0.2, 0.25) is 0 Å². The van der Waals surface area contributed by atoms with Gasteiger partial charge in [0.1, 0.15) is 12.4 Å². The number of benzene rings is 2. The maximum absolute atomic E-state index is 14.0. The van der Waals surface area contributed by atoms with Crippen LogP contribution in [0.2, 0.25) is 5.02 Å². The van der Waals surface area contributed by atoms with Crippen molar-refractivity contribution >= 4 is 11.6 Å². The number of halogens is 2. The number of nitrogens with one attached hydrogen (secondary N) is 1. The fourth-order valence-corrected chi connectivity index (χ4v) is 4.01. The van der Waals surface area contributed by atoms with Crippen LogP contribution in [0.5, 0.6) is 11.5 Å². The minimum absolute atomic E-state index is 0.0533. The first kappa shape index (κ1) is 21.9. The molecule has 0 unspecified atom stereocenters. The Kier molecular flexibility index (Phi) is 8.16. The fourth-order valence-electron chi connectivity index (χ4n) is 3.80. The van der Waals surface area contributed by atoms with Crippen molar-refractivity contribution < 1.29 is 13.9 Å². The first-order chi connectivity index (χ1) is 14.1. The van der Waals surface area contributed by atoms with Crippen LogP contribution in [-0.2, 0) is 13.2 Å². The zero-order valence-corrected chi connectivity index (χ0v) is 18.0. The second-order valence-corrected chi connectivity index (χ2v) is 7.67. The monoisotopic (exact) mass is 420 g/mol. The summed E-state index contributed by atoms with van der Waals surface area (Å²) in [5.41, 5.74) is 1.48. The molecule has 4 nitrogen and oxygen atoms in total. The first-order valence-electron chi connectivity index (χ1n) is 10.4. The third kappa shape index (κ3) is 5.84. The summed E-state index contributed by atoms with van der Waals surface area (Å²) in [4.78, 5) is 2.53. The van der Waals surface area contributed by atoms with E-state index in [9.17, 15) is 4.39 Å². The van der Waals surface area contributed by atoms with Crippen molar-refractivity contribution in [2.45, 2.75) is 45.9 Å². The smallest absolute Gasteiger partial charge is 0.161 e. The Bertz CT molecular complexity index is 782. The molecule has 6 heteroatoms. The number of likely N-dealkylation sites (N-methyl/N-ethyl adjacent to an activating group) is 1. The molecule has 1 aliphatic heterocycles. The van der Waals surface area contributed by atoms with E-state index in [1.807, 2.05) is 25.1 Å². The highest BCUT2D eigenvalue weighted by Gasteiger charge is 2.22. The van der Waals surface area contributed by atoms with Crippen LogP contribution in [0.25, 0.3) is 0 Å². The Morgan fingerprint density at radius 1 is 1.17 bits per heavy atom. The summed E-state index contributed by atoms with van der Waals surface area (Å²) >= 11 is 6.09. The molecule has 2 aromatic carbocycles. The van der Waals surface area contributed by atoms with Gasteiger partial charge in [-0.05, 0) is 62.7 Å². The summed E-state index contributed by atoms with van der Waals surface area (Å²) in [7, 11) is 0. The highest BCUT2D eigenvalue weighted by atomic mass is 35.5. The molecule has 0 saturated carbocycles. The third-order valence-corrected chi connectivity index (χ3v) is 5.71. The van der Waals surface area contributed by atoms with Crippen molar-refractivity contribution in [3.63, 3.8) is 0 Å². The van der Waals surface area contributed by atoms with E-state index in [0.717, 1.165) is 25.2 Å². The van der Waals surface area contributed by atoms with Crippen molar-refractivity contribution in [3.05, 3.63) is 58.4 Å². The fraction of sp³-hybridized carbons (Fsp3) is 0.478. The number of likely N-dealkylation sites (tertiary alicyclic amines) is 1. The molecule has 0 aromatic heterocycles. The quantitative estimate of drug-likeness (QED) is 0.584. The van der Waals surface area contributed by atoms with E-state index >= 15 is 0 Å². The van der Waals surface area contributed by atoms with E-state index in [-0.39, 0.29) is 12.4 Å². The van der Waals surface area contributed by atoms with Crippen LogP contribution >= 0.6 is 11.6 Å². The van der Waals surface area contributed by atoms with Gasteiger partial charge in [-0.2, -0.15) is 0 Å². The molecule has 3 rings (SSSR count). The first-order valence-corrected chi connectivity index (χ1v) is 10.8. The highest BCUT2D eigenvalue weighted by Crippen LogP contribution is 2.30. The van der Waals surface area contributed by atoms with Gasteiger partial charge in [0.05, 0.1) is 11.6 Å². The van der Waals surface area contributed by atoms with Gasteiger partial charge in [-0.15, -0.1) is 0 Å². The van der Waals surface area contributed by atoms with E-state index in [2.05, 4.69) is 17.1 Å². The summed E-state index contributed by atoms with van der Waals surface area (Å²) in [6.45, 7) is 8.81. The van der Waals surface area contributed by atoms with Crippen LogP contribution in [0.1, 0.15) is 37.8 Å². The minimum atomic E-state index is -0.371. The van der Waals surface area contributed by atoms with Crippen molar-refractivity contribution in [3.8, 4) is 11.5 Å². The topological polar surface area (TPSA) is 33.7 Å². The molecule has 1 saturated heterocycles. The minimum Gasteiger partial charge on any atom is -0.490 e. The molecular formula is C23H30ClFN2O2. The highest BCUT2D eigenvalue weighted by molar-refractivity contribution is 6.31. The average Bonchev–Trinajstić information content (AvgIpc) is 3.16. The van der Waals surface area contributed by atoms with Crippen molar-refractivity contribution in [1.29, 1.82) is 0 Å². The van der Waals surface area contributed by atoms with Crippen LogP contribution in [0.3, 0.4) is 0 Å². The number of hydrogen-bond donors (Lipinski definition) is 1. The zero-order chi connectivity index (χ0) is 20.6. The summed E-state index contributed by atoms with van der Waals surface area (Å²) in [5, 5.41) is 3.92. The van der Waals surface area contributed by atoms with Crippen LogP contribution in [0, 0.1) is 5.82 Å². The van der Waals surface area contributed by atoms with E-state index in [0.29, 0.717) is 34.7 Å². The summed E-state index contributed by atoms with van der Waals surface area (Å²) in [5.74, 6) is 0.877. The summed E-state index contributed by atoms with van der Waals surface area (Å²) < 4.78 is 25.6. The molecule has 2 aromatic rings.